The lowest BCUT2D eigenvalue weighted by atomic mass is 10.3. The number of rotatable bonds is 5. The van der Waals surface area contributed by atoms with E-state index in [1.807, 2.05) is 30.3 Å². The van der Waals surface area contributed by atoms with Crippen molar-refractivity contribution < 1.29 is 4.79 Å². The lowest BCUT2D eigenvalue weighted by Gasteiger charge is -2.12. The summed E-state index contributed by atoms with van der Waals surface area (Å²) < 4.78 is 2.11. The predicted molar refractivity (Wildman–Crippen MR) is 106 cm³/mol. The molecule has 0 spiro atoms. The van der Waals surface area contributed by atoms with E-state index in [9.17, 15) is 4.79 Å². The highest BCUT2D eigenvalue weighted by molar-refractivity contribution is 7.99. The van der Waals surface area contributed by atoms with Crippen LogP contribution in [0, 0.1) is 0 Å². The van der Waals surface area contributed by atoms with Crippen molar-refractivity contribution in [3.05, 3.63) is 52.5 Å². The summed E-state index contributed by atoms with van der Waals surface area (Å²) in [4.78, 5) is 16.9. The molecule has 1 N–H and O–H groups in total. The molecule has 0 saturated heterocycles. The minimum atomic E-state index is -0.126. The predicted octanol–water partition coefficient (Wildman–Crippen LogP) is 5.65. The molecule has 0 radical (unpaired) electrons. The first-order valence-electron chi connectivity index (χ1n) is 7.80. The van der Waals surface area contributed by atoms with Gasteiger partial charge in [0.2, 0.25) is 5.91 Å². The van der Waals surface area contributed by atoms with E-state index in [0.717, 1.165) is 16.2 Å². The van der Waals surface area contributed by atoms with Gasteiger partial charge in [-0.25, -0.2) is 4.98 Å². The Bertz CT molecular complexity index is 924. The number of thioether (sulfide) groups is 1. The highest BCUT2D eigenvalue weighted by atomic mass is 35.5. The maximum Gasteiger partial charge on any atom is 0.234 e. The number of carbonyl (C=O) groups excluding carboxylic acids is 1. The van der Waals surface area contributed by atoms with E-state index < -0.39 is 0 Å². The van der Waals surface area contributed by atoms with Crippen molar-refractivity contribution in [2.45, 2.75) is 25.0 Å². The second-order valence-corrected chi connectivity index (χ2v) is 7.59. The fraction of sp³-hybridized carbons (Fsp3) is 0.222. The number of imidazole rings is 1. The van der Waals surface area contributed by atoms with Crippen molar-refractivity contribution in [3.8, 4) is 0 Å². The number of para-hydroxylation sites is 1. The molecule has 3 aromatic rings. The summed E-state index contributed by atoms with van der Waals surface area (Å²) in [5, 5.41) is 4.78. The number of fused-ring (bicyclic) bond motifs is 1. The second kappa shape index (κ2) is 7.68. The van der Waals surface area contributed by atoms with Crippen molar-refractivity contribution in [1.82, 2.24) is 9.55 Å². The molecule has 25 heavy (non-hydrogen) atoms. The van der Waals surface area contributed by atoms with Crippen LogP contribution >= 0.6 is 35.0 Å². The molecule has 0 saturated carbocycles. The van der Waals surface area contributed by atoms with E-state index in [1.54, 1.807) is 12.1 Å². The van der Waals surface area contributed by atoms with Crippen LogP contribution in [0.5, 0.6) is 0 Å². The fourth-order valence-electron chi connectivity index (χ4n) is 2.53. The number of amides is 1. The smallest absolute Gasteiger partial charge is 0.234 e. The van der Waals surface area contributed by atoms with Gasteiger partial charge < -0.3 is 9.88 Å². The van der Waals surface area contributed by atoms with E-state index in [0.29, 0.717) is 15.7 Å². The maximum absolute atomic E-state index is 12.2. The van der Waals surface area contributed by atoms with E-state index in [2.05, 4.69) is 28.7 Å². The van der Waals surface area contributed by atoms with Crippen molar-refractivity contribution in [2.24, 2.45) is 0 Å². The summed E-state index contributed by atoms with van der Waals surface area (Å²) in [7, 11) is 0. The second-order valence-electron chi connectivity index (χ2n) is 5.81. The average molecular weight is 394 g/mol. The summed E-state index contributed by atoms with van der Waals surface area (Å²) in [5.41, 5.74) is 2.45. The van der Waals surface area contributed by atoms with Crippen molar-refractivity contribution >= 4 is 57.6 Å². The number of anilines is 1. The minimum Gasteiger partial charge on any atom is -0.324 e. The first-order valence-corrected chi connectivity index (χ1v) is 9.54. The van der Waals surface area contributed by atoms with E-state index >= 15 is 0 Å². The highest BCUT2D eigenvalue weighted by Crippen LogP contribution is 2.29. The van der Waals surface area contributed by atoms with Gasteiger partial charge in [0.15, 0.2) is 5.16 Å². The van der Waals surface area contributed by atoms with Crippen LogP contribution < -0.4 is 5.32 Å². The molecule has 3 rings (SSSR count). The zero-order chi connectivity index (χ0) is 18.0. The highest BCUT2D eigenvalue weighted by Gasteiger charge is 2.16. The molecule has 0 bridgehead atoms. The Morgan fingerprint density at radius 1 is 1.24 bits per heavy atom. The number of hydrogen-bond donors (Lipinski definition) is 1. The van der Waals surface area contributed by atoms with E-state index in [1.165, 1.54) is 11.8 Å². The number of halogens is 2. The Balaban J connectivity index is 1.77. The van der Waals surface area contributed by atoms with Crippen LogP contribution in [0.4, 0.5) is 5.69 Å². The molecule has 1 heterocycles. The van der Waals surface area contributed by atoms with E-state index in [4.69, 9.17) is 23.2 Å². The van der Waals surface area contributed by atoms with Gasteiger partial charge in [-0.1, -0.05) is 47.1 Å². The summed E-state index contributed by atoms with van der Waals surface area (Å²) in [6.07, 6.45) is 0. The van der Waals surface area contributed by atoms with Gasteiger partial charge in [-0.2, -0.15) is 0 Å². The number of nitrogens with one attached hydrogen (secondary N) is 1. The Labute approximate surface area is 160 Å². The minimum absolute atomic E-state index is 0.126. The van der Waals surface area contributed by atoms with Gasteiger partial charge in [0, 0.05) is 11.1 Å². The van der Waals surface area contributed by atoms with Crippen LogP contribution in [0.15, 0.2) is 47.6 Å². The molecule has 7 heteroatoms. The molecule has 2 aromatic carbocycles. The molecule has 1 aromatic heterocycles. The third-order valence-corrected chi connectivity index (χ3v) is 5.13. The lowest BCUT2D eigenvalue weighted by molar-refractivity contribution is -0.113. The average Bonchev–Trinajstić information content (AvgIpc) is 2.92. The SMILES string of the molecule is CC(C)n1c(SCC(=O)Nc2ccccc2Cl)nc2cc(Cl)ccc21. The van der Waals surface area contributed by atoms with Gasteiger partial charge in [-0.15, -0.1) is 0 Å². The zero-order valence-corrected chi connectivity index (χ0v) is 16.1. The number of nitrogens with zero attached hydrogens (tertiary/aromatic N) is 2. The number of aromatic nitrogens is 2. The first kappa shape index (κ1) is 18.1. The van der Waals surface area contributed by atoms with Crippen LogP contribution in [0.1, 0.15) is 19.9 Å². The van der Waals surface area contributed by atoms with Gasteiger partial charge >= 0.3 is 0 Å². The normalized spacial score (nSPS) is 11.2. The summed E-state index contributed by atoms with van der Waals surface area (Å²) in [5.74, 6) is 0.119. The van der Waals surface area contributed by atoms with Gasteiger partial charge in [0.25, 0.3) is 0 Å². The van der Waals surface area contributed by atoms with Crippen molar-refractivity contribution in [1.29, 1.82) is 0 Å². The van der Waals surface area contributed by atoms with Crippen LogP contribution in [0.3, 0.4) is 0 Å². The number of benzene rings is 2. The van der Waals surface area contributed by atoms with Crippen molar-refractivity contribution in [2.75, 3.05) is 11.1 Å². The molecule has 4 nitrogen and oxygen atoms in total. The molecular weight excluding hydrogens is 377 g/mol. The molecule has 0 fully saturated rings. The summed E-state index contributed by atoms with van der Waals surface area (Å²) >= 11 is 13.5. The molecule has 0 atom stereocenters. The fourth-order valence-corrected chi connectivity index (χ4v) is 3.82. The van der Waals surface area contributed by atoms with Crippen LogP contribution in [-0.2, 0) is 4.79 Å². The molecule has 1 amide bonds. The Kier molecular flexibility index (Phi) is 5.57. The summed E-state index contributed by atoms with van der Waals surface area (Å²) in [6.45, 7) is 4.17. The summed E-state index contributed by atoms with van der Waals surface area (Å²) in [6, 6.07) is 13.0. The Morgan fingerprint density at radius 3 is 2.72 bits per heavy atom. The molecule has 0 aliphatic carbocycles. The quantitative estimate of drug-likeness (QED) is 0.569. The Hall–Kier alpha value is -1.69. The maximum atomic E-state index is 12.2. The Morgan fingerprint density at radius 2 is 2.00 bits per heavy atom. The molecule has 0 unspecified atom stereocenters. The standard InChI is InChI=1S/C18H17Cl2N3OS/c1-11(2)23-16-8-7-12(19)9-15(16)22-18(23)25-10-17(24)21-14-6-4-3-5-13(14)20/h3-9,11H,10H2,1-2H3,(H,21,24). The van der Waals surface area contributed by atoms with Crippen molar-refractivity contribution in [3.63, 3.8) is 0 Å². The van der Waals surface area contributed by atoms with Crippen LogP contribution in [0.2, 0.25) is 10.0 Å². The van der Waals surface area contributed by atoms with Crippen LogP contribution in [0.25, 0.3) is 11.0 Å². The first-order chi connectivity index (χ1) is 12.0. The van der Waals surface area contributed by atoms with Gasteiger partial charge in [-0.3, -0.25) is 4.79 Å². The topological polar surface area (TPSA) is 46.9 Å². The van der Waals surface area contributed by atoms with Crippen LogP contribution in [-0.4, -0.2) is 21.2 Å². The monoisotopic (exact) mass is 393 g/mol. The van der Waals surface area contributed by atoms with Gasteiger partial charge in [-0.05, 0) is 44.2 Å². The molecular formula is C18H17Cl2N3OS. The van der Waals surface area contributed by atoms with Gasteiger partial charge in [0.05, 0.1) is 27.5 Å². The molecule has 0 aliphatic heterocycles. The zero-order valence-electron chi connectivity index (χ0n) is 13.8. The number of hydrogen-bond acceptors (Lipinski definition) is 3. The third-order valence-electron chi connectivity index (χ3n) is 3.62. The van der Waals surface area contributed by atoms with E-state index in [-0.39, 0.29) is 17.7 Å². The number of carbonyl (C=O) groups is 1. The lowest BCUT2D eigenvalue weighted by Crippen LogP contribution is -2.15. The molecule has 130 valence electrons. The third kappa shape index (κ3) is 4.11. The van der Waals surface area contributed by atoms with Gasteiger partial charge in [0.1, 0.15) is 0 Å². The molecule has 0 aliphatic rings. The largest absolute Gasteiger partial charge is 0.324 e.